The topological polar surface area (TPSA) is 91.9 Å². The zero-order valence-electron chi connectivity index (χ0n) is 21.8. The quantitative estimate of drug-likeness (QED) is 0.189. The molecule has 0 radical (unpaired) electrons. The van der Waals surface area contributed by atoms with Crippen molar-refractivity contribution in [2.24, 2.45) is 0 Å². The zero-order chi connectivity index (χ0) is 27.6. The van der Waals surface area contributed by atoms with E-state index in [2.05, 4.69) is 39.0 Å². The Kier molecular flexibility index (Phi) is 7.19. The van der Waals surface area contributed by atoms with E-state index in [4.69, 9.17) is 9.47 Å². The molecule has 0 unspecified atom stereocenters. The van der Waals surface area contributed by atoms with Crippen LogP contribution in [0.3, 0.4) is 0 Å². The molecule has 2 aliphatic rings. The third-order valence-corrected chi connectivity index (χ3v) is 8.54. The number of para-hydroxylation sites is 2. The van der Waals surface area contributed by atoms with Crippen LogP contribution in [0.25, 0.3) is 0 Å². The summed E-state index contributed by atoms with van der Waals surface area (Å²) in [6, 6.07) is 26.0. The van der Waals surface area contributed by atoms with Gasteiger partial charge in [-0.05, 0) is 68.4 Å². The number of nitrogens with zero attached hydrogens (tertiary/aromatic N) is 1. The number of carbonyl (C=O) groups excluding carboxylic acids is 2. The van der Waals surface area contributed by atoms with E-state index in [1.165, 1.54) is 0 Å². The maximum absolute atomic E-state index is 12.7. The van der Waals surface area contributed by atoms with Crippen molar-refractivity contribution in [1.82, 2.24) is 0 Å². The number of hydrogen-bond acceptors (Lipinski definition) is 8. The Balaban J connectivity index is 1.51. The normalized spacial score (nSPS) is 12.6. The molecule has 40 heavy (non-hydrogen) atoms. The number of anilines is 7. The van der Waals surface area contributed by atoms with E-state index >= 15 is 0 Å². The first kappa shape index (κ1) is 26.0. The fourth-order valence-electron chi connectivity index (χ4n) is 4.61. The van der Waals surface area contributed by atoms with Gasteiger partial charge >= 0.3 is 12.2 Å². The lowest BCUT2D eigenvalue weighted by Crippen LogP contribution is -2.20. The summed E-state index contributed by atoms with van der Waals surface area (Å²) in [6.45, 7) is 4.07. The van der Waals surface area contributed by atoms with Crippen LogP contribution in [0, 0.1) is 0 Å². The van der Waals surface area contributed by atoms with Crippen molar-refractivity contribution in [2.75, 3.05) is 34.1 Å². The predicted molar refractivity (Wildman–Crippen MR) is 160 cm³/mol. The highest BCUT2D eigenvalue weighted by molar-refractivity contribution is 8.00. The standard InChI is InChI=1S/C30H26N4O4S2/c1-3-37-29(35)31-18-13-14-27-24(15-18)34(22-10-6-8-12-26(22)40-27)23-17-28-21(16-20(23)33-30(36)38-4-2)32-19-9-5-7-11-25(19)39-28/h5-17,32H,3-4H2,1-2H3,(H,31,35)(H,33,36). The summed E-state index contributed by atoms with van der Waals surface area (Å²) in [4.78, 5) is 31.2. The van der Waals surface area contributed by atoms with Crippen LogP contribution in [-0.2, 0) is 9.47 Å². The first-order valence-electron chi connectivity index (χ1n) is 12.8. The van der Waals surface area contributed by atoms with Crippen molar-refractivity contribution < 1.29 is 19.1 Å². The number of hydrogen-bond donors (Lipinski definition) is 3. The second-order valence-corrected chi connectivity index (χ2v) is 11.0. The van der Waals surface area contributed by atoms with Crippen molar-refractivity contribution >= 4 is 75.5 Å². The van der Waals surface area contributed by atoms with E-state index in [0.29, 0.717) is 11.4 Å². The zero-order valence-corrected chi connectivity index (χ0v) is 23.4. The summed E-state index contributed by atoms with van der Waals surface area (Å²) in [6.07, 6.45) is -1.05. The van der Waals surface area contributed by atoms with E-state index in [-0.39, 0.29) is 13.2 Å². The minimum atomic E-state index is -0.537. The fourth-order valence-corrected chi connectivity index (χ4v) is 6.65. The van der Waals surface area contributed by atoms with Gasteiger partial charge < -0.3 is 19.7 Å². The van der Waals surface area contributed by atoms with E-state index in [1.54, 1.807) is 37.4 Å². The van der Waals surface area contributed by atoms with Crippen LogP contribution in [0.4, 0.5) is 49.4 Å². The molecular weight excluding hydrogens is 544 g/mol. The van der Waals surface area contributed by atoms with Gasteiger partial charge in [-0.25, -0.2) is 9.59 Å². The average Bonchev–Trinajstić information content (AvgIpc) is 2.95. The molecule has 4 aromatic rings. The monoisotopic (exact) mass is 570 g/mol. The largest absolute Gasteiger partial charge is 0.450 e. The molecule has 3 N–H and O–H groups in total. The van der Waals surface area contributed by atoms with E-state index in [0.717, 1.165) is 48.0 Å². The summed E-state index contributed by atoms with van der Waals surface area (Å²) < 4.78 is 10.3. The number of benzene rings is 4. The van der Waals surface area contributed by atoms with Crippen LogP contribution >= 0.6 is 23.5 Å². The Morgan fingerprint density at radius 3 is 2.17 bits per heavy atom. The lowest BCUT2D eigenvalue weighted by Gasteiger charge is -2.35. The summed E-state index contributed by atoms with van der Waals surface area (Å²) in [5.74, 6) is 0. The van der Waals surface area contributed by atoms with Gasteiger partial charge in [-0.2, -0.15) is 0 Å². The van der Waals surface area contributed by atoms with E-state index in [1.807, 2.05) is 60.7 Å². The first-order chi connectivity index (χ1) is 19.5. The van der Waals surface area contributed by atoms with Crippen LogP contribution in [0.2, 0.25) is 0 Å². The van der Waals surface area contributed by atoms with Crippen molar-refractivity contribution in [3.05, 3.63) is 78.9 Å². The highest BCUT2D eigenvalue weighted by Gasteiger charge is 2.29. The maximum atomic E-state index is 12.7. The molecular formula is C30H26N4O4S2. The van der Waals surface area contributed by atoms with Crippen LogP contribution < -0.4 is 20.9 Å². The number of rotatable bonds is 5. The number of nitrogens with one attached hydrogen (secondary N) is 3. The minimum Gasteiger partial charge on any atom is -0.450 e. The van der Waals surface area contributed by atoms with Gasteiger partial charge in [0.1, 0.15) is 0 Å². The Morgan fingerprint density at radius 2 is 1.38 bits per heavy atom. The molecule has 0 atom stereocenters. The number of ether oxygens (including phenoxy) is 2. The van der Waals surface area contributed by atoms with Crippen LogP contribution in [-0.4, -0.2) is 25.4 Å². The molecule has 2 heterocycles. The number of carbonyl (C=O) groups is 2. The van der Waals surface area contributed by atoms with Crippen molar-refractivity contribution in [3.63, 3.8) is 0 Å². The van der Waals surface area contributed by atoms with Gasteiger partial charge in [0.15, 0.2) is 0 Å². The Bertz CT molecular complexity index is 1630. The Morgan fingerprint density at radius 1 is 0.700 bits per heavy atom. The van der Waals surface area contributed by atoms with E-state index in [9.17, 15) is 9.59 Å². The van der Waals surface area contributed by atoms with Crippen molar-refractivity contribution in [3.8, 4) is 0 Å². The summed E-state index contributed by atoms with van der Waals surface area (Å²) in [7, 11) is 0. The Hall–Kier alpha value is -4.28. The molecule has 2 amide bonds. The molecule has 10 heteroatoms. The third-order valence-electron chi connectivity index (χ3n) is 6.28. The predicted octanol–water partition coefficient (Wildman–Crippen LogP) is 8.97. The molecule has 0 saturated carbocycles. The molecule has 0 spiro atoms. The maximum Gasteiger partial charge on any atom is 0.411 e. The summed E-state index contributed by atoms with van der Waals surface area (Å²) in [5, 5.41) is 9.27. The Labute approximate surface area is 240 Å². The molecule has 0 aliphatic carbocycles. The van der Waals surface area contributed by atoms with Crippen LogP contribution in [0.1, 0.15) is 13.8 Å². The second kappa shape index (κ2) is 11.1. The van der Waals surface area contributed by atoms with Crippen molar-refractivity contribution in [2.45, 2.75) is 33.4 Å². The lowest BCUT2D eigenvalue weighted by atomic mass is 10.1. The van der Waals surface area contributed by atoms with Gasteiger partial charge in [0.2, 0.25) is 0 Å². The smallest absolute Gasteiger partial charge is 0.411 e. The minimum absolute atomic E-state index is 0.252. The average molecular weight is 571 g/mol. The molecule has 2 aliphatic heterocycles. The number of amides is 2. The fraction of sp³-hybridized carbons (Fsp3) is 0.133. The van der Waals surface area contributed by atoms with Crippen LogP contribution in [0.15, 0.2) is 98.4 Å². The van der Waals surface area contributed by atoms with Gasteiger partial charge in [0.05, 0.1) is 47.3 Å². The van der Waals surface area contributed by atoms with Gasteiger partial charge in [-0.15, -0.1) is 0 Å². The molecule has 202 valence electrons. The molecule has 4 aromatic carbocycles. The molecule has 0 fully saturated rings. The summed E-state index contributed by atoms with van der Waals surface area (Å²) >= 11 is 3.32. The number of fused-ring (bicyclic) bond motifs is 4. The highest BCUT2D eigenvalue weighted by Crippen LogP contribution is 2.55. The molecule has 0 bridgehead atoms. The molecule has 0 saturated heterocycles. The van der Waals surface area contributed by atoms with E-state index < -0.39 is 12.2 Å². The summed E-state index contributed by atoms with van der Waals surface area (Å²) in [5.41, 5.74) is 5.66. The highest BCUT2D eigenvalue weighted by atomic mass is 32.2. The van der Waals surface area contributed by atoms with Gasteiger partial charge in [0.25, 0.3) is 0 Å². The first-order valence-corrected chi connectivity index (χ1v) is 14.5. The molecule has 6 rings (SSSR count). The van der Waals surface area contributed by atoms with Gasteiger partial charge in [-0.3, -0.25) is 10.6 Å². The van der Waals surface area contributed by atoms with Gasteiger partial charge in [-0.1, -0.05) is 47.8 Å². The van der Waals surface area contributed by atoms with Crippen LogP contribution in [0.5, 0.6) is 0 Å². The molecule has 0 aromatic heterocycles. The lowest BCUT2D eigenvalue weighted by molar-refractivity contribution is 0.167. The third kappa shape index (κ3) is 5.03. The SMILES string of the molecule is CCOC(=O)Nc1ccc2c(c1)N(c1cc3c(cc1NC(=O)OCC)Nc1ccccc1S3)c1ccccc1S2. The van der Waals surface area contributed by atoms with Crippen molar-refractivity contribution in [1.29, 1.82) is 0 Å². The molecule has 8 nitrogen and oxygen atoms in total. The van der Waals surface area contributed by atoms with Gasteiger partial charge in [0, 0.05) is 25.3 Å². The second-order valence-electron chi connectivity index (χ2n) is 8.87.